The summed E-state index contributed by atoms with van der Waals surface area (Å²) in [5.74, 6) is 0.784. The van der Waals surface area contributed by atoms with Crippen LogP contribution >= 0.6 is 0 Å². The molecule has 2 aliphatic rings. The second-order valence-electron chi connectivity index (χ2n) is 13.1. The van der Waals surface area contributed by atoms with E-state index in [1.807, 2.05) is 51.1 Å². The molecular weight excluding hydrogens is 528 g/mol. The molecule has 0 spiro atoms. The van der Waals surface area contributed by atoms with E-state index in [1.54, 1.807) is 7.11 Å². The van der Waals surface area contributed by atoms with Crippen LogP contribution in [0.5, 0.6) is 11.5 Å². The number of ether oxygens (including phenoxy) is 3. The average molecular weight is 571 g/mol. The molecule has 0 N–H and O–H groups in total. The van der Waals surface area contributed by atoms with Crippen LogP contribution in [0.25, 0.3) is 0 Å². The third-order valence-corrected chi connectivity index (χ3v) is 13.1. The Kier molecular flexibility index (Phi) is 7.68. The van der Waals surface area contributed by atoms with E-state index in [0.717, 1.165) is 18.4 Å². The van der Waals surface area contributed by atoms with Gasteiger partial charge in [-0.25, -0.2) is 4.79 Å². The molecule has 5 nitrogen and oxygen atoms in total. The van der Waals surface area contributed by atoms with Crippen LogP contribution in [0, 0.1) is 0 Å². The van der Waals surface area contributed by atoms with Crippen molar-refractivity contribution >= 4 is 24.7 Å². The molecule has 3 aromatic rings. The summed E-state index contributed by atoms with van der Waals surface area (Å²) >= 11 is 0. The van der Waals surface area contributed by atoms with Crippen LogP contribution in [0.15, 0.2) is 91.0 Å². The van der Waals surface area contributed by atoms with Crippen molar-refractivity contribution in [3.05, 3.63) is 96.6 Å². The summed E-state index contributed by atoms with van der Waals surface area (Å²) < 4.78 is 25.5. The van der Waals surface area contributed by atoms with E-state index in [-0.39, 0.29) is 23.0 Å². The largest absolute Gasteiger partial charge is 0.531 e. The quantitative estimate of drug-likeness (QED) is 0.183. The average Bonchev–Trinajstić information content (AvgIpc) is 3.21. The van der Waals surface area contributed by atoms with Gasteiger partial charge in [-0.3, -0.25) is 0 Å². The number of hydrogen-bond donors (Lipinski definition) is 0. The summed E-state index contributed by atoms with van der Waals surface area (Å²) in [5.41, 5.74) is -0.799. The van der Waals surface area contributed by atoms with Gasteiger partial charge in [0.25, 0.3) is 0 Å². The van der Waals surface area contributed by atoms with Crippen molar-refractivity contribution in [1.82, 2.24) is 0 Å². The molecule has 0 radical (unpaired) electrons. The molecule has 41 heavy (non-hydrogen) atoms. The molecular formula is C35H42O5Si. The Morgan fingerprint density at radius 1 is 0.878 bits per heavy atom. The van der Waals surface area contributed by atoms with E-state index in [0.29, 0.717) is 11.5 Å². The minimum atomic E-state index is -2.86. The van der Waals surface area contributed by atoms with Crippen LogP contribution in [-0.2, 0) is 14.3 Å². The lowest BCUT2D eigenvalue weighted by atomic mass is 9.81. The Morgan fingerprint density at radius 3 is 2.02 bits per heavy atom. The summed E-state index contributed by atoms with van der Waals surface area (Å²) in [5, 5.41) is 2.19. The predicted octanol–water partition coefficient (Wildman–Crippen LogP) is 6.55. The lowest BCUT2D eigenvalue weighted by molar-refractivity contribution is -0.178. The van der Waals surface area contributed by atoms with Crippen molar-refractivity contribution in [3.63, 3.8) is 0 Å². The zero-order valence-corrected chi connectivity index (χ0v) is 26.3. The summed E-state index contributed by atoms with van der Waals surface area (Å²) in [7, 11) is -1.19. The Morgan fingerprint density at radius 2 is 1.49 bits per heavy atom. The smallest absolute Gasteiger partial charge is 0.343 e. The highest BCUT2D eigenvalue weighted by Gasteiger charge is 2.57. The number of methoxy groups -OCH3 is 1. The van der Waals surface area contributed by atoms with Gasteiger partial charge < -0.3 is 18.6 Å². The molecule has 6 heteroatoms. The van der Waals surface area contributed by atoms with Crippen LogP contribution in [0.3, 0.4) is 0 Å². The Labute approximate surface area is 245 Å². The number of esters is 1. The van der Waals surface area contributed by atoms with Gasteiger partial charge >= 0.3 is 14.3 Å². The molecule has 1 fully saturated rings. The fourth-order valence-electron chi connectivity index (χ4n) is 6.34. The highest BCUT2D eigenvalue weighted by Crippen LogP contribution is 2.50. The monoisotopic (exact) mass is 570 g/mol. The number of carbonyl (C=O) groups excluding carboxylic acids is 1. The molecule has 0 unspecified atom stereocenters. The normalized spacial score (nSPS) is 22.3. The Hall–Kier alpha value is -3.35. The van der Waals surface area contributed by atoms with Crippen LogP contribution in [0.4, 0.5) is 0 Å². The molecule has 2 bridgehead atoms. The third-order valence-electron chi connectivity index (χ3n) is 8.13. The zero-order valence-electron chi connectivity index (χ0n) is 25.3. The topological polar surface area (TPSA) is 54.0 Å². The number of fused-ring (bicyclic) bond motifs is 2. The van der Waals surface area contributed by atoms with Gasteiger partial charge in [-0.15, -0.1) is 0 Å². The zero-order chi connectivity index (χ0) is 29.5. The van der Waals surface area contributed by atoms with Gasteiger partial charge in [0.05, 0.1) is 13.2 Å². The maximum atomic E-state index is 13.6. The molecule has 2 heterocycles. The van der Waals surface area contributed by atoms with Crippen LogP contribution in [0.2, 0.25) is 5.04 Å². The van der Waals surface area contributed by atoms with E-state index < -0.39 is 19.5 Å². The highest BCUT2D eigenvalue weighted by molar-refractivity contribution is 7.00. The maximum Gasteiger partial charge on any atom is 0.343 e. The van der Waals surface area contributed by atoms with E-state index >= 15 is 0 Å². The van der Waals surface area contributed by atoms with Crippen molar-refractivity contribution in [1.29, 1.82) is 0 Å². The molecule has 2 aliphatic heterocycles. The molecule has 1 saturated heterocycles. The molecule has 0 aliphatic carbocycles. The van der Waals surface area contributed by atoms with E-state index in [2.05, 4.69) is 81.4 Å². The van der Waals surface area contributed by atoms with Crippen LogP contribution < -0.4 is 19.5 Å². The fraction of sp³-hybridized carbons (Fsp3) is 0.400. The van der Waals surface area contributed by atoms with Gasteiger partial charge in [-0.1, -0.05) is 93.6 Å². The molecule has 0 amide bonds. The summed E-state index contributed by atoms with van der Waals surface area (Å²) in [6.07, 6.45) is 5.43. The third kappa shape index (κ3) is 5.35. The van der Waals surface area contributed by atoms with Gasteiger partial charge in [0.2, 0.25) is 0 Å². The number of hydrogen-bond acceptors (Lipinski definition) is 5. The first kappa shape index (κ1) is 29.1. The molecule has 216 valence electrons. The SMILES string of the molecule is COc1cc([C@H]2C[C@H]3CC=C[C@]2(C(=O)OC(C)(C)C)O3)ccc1O[Si](c1ccccc1)(c1ccccc1)C(C)(C)C. The van der Waals surface area contributed by atoms with E-state index in [1.165, 1.54) is 10.4 Å². The second kappa shape index (κ2) is 10.8. The molecule has 3 aromatic carbocycles. The Balaban J connectivity index is 1.59. The lowest BCUT2D eigenvalue weighted by Crippen LogP contribution is -2.68. The van der Waals surface area contributed by atoms with Crippen molar-refractivity contribution in [2.45, 2.75) is 82.6 Å². The van der Waals surface area contributed by atoms with Crippen molar-refractivity contribution in [2.24, 2.45) is 0 Å². The van der Waals surface area contributed by atoms with Crippen molar-refractivity contribution in [2.75, 3.05) is 7.11 Å². The second-order valence-corrected chi connectivity index (χ2v) is 17.4. The summed E-state index contributed by atoms with van der Waals surface area (Å²) in [6.45, 7) is 12.4. The first-order chi connectivity index (χ1) is 19.4. The molecule has 0 aromatic heterocycles. The van der Waals surface area contributed by atoms with Crippen LogP contribution in [-0.4, -0.2) is 38.7 Å². The minimum absolute atomic E-state index is 0.0310. The number of benzene rings is 3. The molecule has 3 atom stereocenters. The van der Waals surface area contributed by atoms with Gasteiger partial charge in [-0.2, -0.15) is 0 Å². The standard InChI is InChI=1S/C35H42O5Si/c1-33(2,3)39-32(36)35-22-14-15-26(38-35)24-29(35)25-20-21-30(31(23-25)37-7)40-41(34(4,5)6,27-16-10-8-11-17-27)28-18-12-9-13-19-28/h8-14,16-23,26,29H,15,24H2,1-7H3/t26-,29-,35+/m1/s1. The number of carbonyl (C=O) groups is 1. The summed E-state index contributed by atoms with van der Waals surface area (Å²) in [6, 6.07) is 27.2. The van der Waals surface area contributed by atoms with Gasteiger partial charge in [0, 0.05) is 5.92 Å². The van der Waals surface area contributed by atoms with Crippen molar-refractivity contribution in [3.8, 4) is 11.5 Å². The lowest BCUT2D eigenvalue weighted by Gasteiger charge is -2.43. The highest BCUT2D eigenvalue weighted by atomic mass is 28.4. The predicted molar refractivity (Wildman–Crippen MR) is 166 cm³/mol. The Bertz CT molecular complexity index is 1360. The van der Waals surface area contributed by atoms with Gasteiger partial charge in [0.15, 0.2) is 11.4 Å². The van der Waals surface area contributed by atoms with Crippen LogP contribution in [0.1, 0.15) is 65.9 Å². The van der Waals surface area contributed by atoms with Crippen molar-refractivity contribution < 1.29 is 23.4 Å². The van der Waals surface area contributed by atoms with Gasteiger partial charge in [-0.05, 0) is 72.8 Å². The minimum Gasteiger partial charge on any atom is -0.531 e. The fourth-order valence-corrected chi connectivity index (χ4v) is 10.8. The molecule has 0 saturated carbocycles. The maximum absolute atomic E-state index is 13.6. The molecule has 5 rings (SSSR count). The first-order valence-corrected chi connectivity index (χ1v) is 16.4. The first-order valence-electron chi connectivity index (χ1n) is 14.5. The summed E-state index contributed by atoms with van der Waals surface area (Å²) in [4.78, 5) is 13.6. The van der Waals surface area contributed by atoms with Gasteiger partial charge in [0.1, 0.15) is 11.4 Å². The van der Waals surface area contributed by atoms with E-state index in [4.69, 9.17) is 18.6 Å². The number of rotatable bonds is 7. The van der Waals surface area contributed by atoms with E-state index in [9.17, 15) is 4.79 Å².